The average molecular weight is 308 g/mol. The Morgan fingerprint density at radius 2 is 1.72 bits per heavy atom. The molecule has 0 aromatic heterocycles. The van der Waals surface area contributed by atoms with E-state index in [1.165, 1.54) is 0 Å². The van der Waals surface area contributed by atoms with Gasteiger partial charge in [0.25, 0.3) is 0 Å². The van der Waals surface area contributed by atoms with Crippen LogP contribution in [0.5, 0.6) is 0 Å². The smallest absolute Gasteiger partial charge is 0.145 e. The van der Waals surface area contributed by atoms with E-state index in [-0.39, 0.29) is 11.9 Å². The number of hydrogen-bond donors (Lipinski definition) is 1. The summed E-state index contributed by atoms with van der Waals surface area (Å²) in [6.45, 7) is 2.06. The Bertz CT molecular complexity index is 554. The molecule has 2 rings (SSSR count). The predicted molar refractivity (Wildman–Crippen MR) is 77.0 cm³/mol. The molecule has 1 N–H and O–H groups in total. The Hall–Kier alpha value is -1.19. The molecule has 18 heavy (non-hydrogen) atoms. The molecular weight excluding hydrogens is 293 g/mol. The average Bonchev–Trinajstić information content (AvgIpc) is 2.41. The van der Waals surface area contributed by atoms with Crippen molar-refractivity contribution in [1.29, 1.82) is 0 Å². The summed E-state index contributed by atoms with van der Waals surface area (Å²) in [6, 6.07) is 13.4. The number of nitrogens with one attached hydrogen (secondary N) is 1. The number of rotatable bonds is 3. The van der Waals surface area contributed by atoms with E-state index in [4.69, 9.17) is 0 Å². The number of benzene rings is 2. The second kappa shape index (κ2) is 5.63. The third-order valence-corrected chi connectivity index (χ3v) is 3.71. The van der Waals surface area contributed by atoms with Gasteiger partial charge in [0.2, 0.25) is 0 Å². The van der Waals surface area contributed by atoms with Crippen molar-refractivity contribution in [3.63, 3.8) is 0 Å². The first-order valence-electron chi connectivity index (χ1n) is 5.85. The lowest BCUT2D eigenvalue weighted by molar-refractivity contribution is 0.622. The summed E-state index contributed by atoms with van der Waals surface area (Å²) in [5, 5.41) is 3.19. The molecule has 0 radical (unpaired) electrons. The Morgan fingerprint density at radius 1 is 1.06 bits per heavy atom. The van der Waals surface area contributed by atoms with Gasteiger partial charge in [0.15, 0.2) is 0 Å². The van der Waals surface area contributed by atoms with E-state index in [0.29, 0.717) is 10.0 Å². The highest BCUT2D eigenvalue weighted by atomic mass is 79.9. The summed E-state index contributed by atoms with van der Waals surface area (Å²) in [7, 11) is 1.90. The Balaban J connectivity index is 2.60. The molecule has 1 unspecified atom stereocenters. The van der Waals surface area contributed by atoms with Gasteiger partial charge in [-0.2, -0.15) is 0 Å². The van der Waals surface area contributed by atoms with Gasteiger partial charge in [0.05, 0.1) is 4.47 Å². The minimum absolute atomic E-state index is 0.180. The van der Waals surface area contributed by atoms with E-state index in [1.54, 1.807) is 12.1 Å². The molecule has 0 aliphatic heterocycles. The minimum atomic E-state index is -0.215. The van der Waals surface area contributed by atoms with Crippen molar-refractivity contribution in [3.05, 3.63) is 58.3 Å². The van der Waals surface area contributed by atoms with Crippen molar-refractivity contribution in [2.45, 2.75) is 13.0 Å². The molecule has 2 aromatic carbocycles. The fourth-order valence-corrected chi connectivity index (χ4v) is 2.35. The molecule has 0 heterocycles. The lowest BCUT2D eigenvalue weighted by atomic mass is 9.95. The standard InChI is InChI=1S/C15H15BrFN/c1-10(18-2)11-6-3-4-7-12(11)13-8-5-9-14(16)15(13)17/h3-10,18H,1-2H3. The van der Waals surface area contributed by atoms with Gasteiger partial charge in [-0.05, 0) is 47.1 Å². The molecule has 0 amide bonds. The fraction of sp³-hybridized carbons (Fsp3) is 0.200. The maximum Gasteiger partial charge on any atom is 0.145 e. The van der Waals surface area contributed by atoms with Crippen LogP contribution >= 0.6 is 15.9 Å². The van der Waals surface area contributed by atoms with Gasteiger partial charge in [0.1, 0.15) is 5.82 Å². The van der Waals surface area contributed by atoms with Gasteiger partial charge >= 0.3 is 0 Å². The van der Waals surface area contributed by atoms with E-state index in [1.807, 2.05) is 37.4 Å². The maximum absolute atomic E-state index is 14.2. The van der Waals surface area contributed by atoms with Crippen LogP contribution in [0.4, 0.5) is 4.39 Å². The van der Waals surface area contributed by atoms with Crippen molar-refractivity contribution >= 4 is 15.9 Å². The molecule has 1 nitrogen and oxygen atoms in total. The van der Waals surface area contributed by atoms with E-state index in [0.717, 1.165) is 11.1 Å². The third-order valence-electron chi connectivity index (χ3n) is 3.10. The monoisotopic (exact) mass is 307 g/mol. The van der Waals surface area contributed by atoms with Crippen LogP contribution in [0.25, 0.3) is 11.1 Å². The Kier molecular flexibility index (Phi) is 4.15. The zero-order valence-corrected chi connectivity index (χ0v) is 12.0. The minimum Gasteiger partial charge on any atom is -0.313 e. The van der Waals surface area contributed by atoms with Gasteiger partial charge in [-0.1, -0.05) is 36.4 Å². The van der Waals surface area contributed by atoms with Crippen LogP contribution in [0, 0.1) is 5.82 Å². The number of hydrogen-bond acceptors (Lipinski definition) is 1. The molecule has 0 spiro atoms. The predicted octanol–water partition coefficient (Wildman–Crippen LogP) is 4.54. The van der Waals surface area contributed by atoms with Crippen molar-refractivity contribution in [1.82, 2.24) is 5.32 Å². The van der Waals surface area contributed by atoms with Gasteiger partial charge in [-0.3, -0.25) is 0 Å². The number of halogens is 2. The fourth-order valence-electron chi connectivity index (χ4n) is 1.99. The van der Waals surface area contributed by atoms with Gasteiger partial charge < -0.3 is 5.32 Å². The molecule has 1 atom stereocenters. The first-order valence-corrected chi connectivity index (χ1v) is 6.65. The summed E-state index contributed by atoms with van der Waals surface area (Å²) in [5.41, 5.74) is 2.65. The highest BCUT2D eigenvalue weighted by molar-refractivity contribution is 9.10. The van der Waals surface area contributed by atoms with E-state index < -0.39 is 0 Å². The quantitative estimate of drug-likeness (QED) is 0.878. The van der Waals surface area contributed by atoms with Crippen LogP contribution in [-0.4, -0.2) is 7.05 Å². The highest BCUT2D eigenvalue weighted by Crippen LogP contribution is 2.32. The van der Waals surface area contributed by atoms with E-state index in [9.17, 15) is 4.39 Å². The molecule has 0 aliphatic rings. The molecular formula is C15H15BrFN. The zero-order valence-electron chi connectivity index (χ0n) is 10.4. The molecule has 0 bridgehead atoms. The Labute approximate surface area is 115 Å². The zero-order chi connectivity index (χ0) is 13.1. The summed E-state index contributed by atoms with van der Waals surface area (Å²) >= 11 is 3.23. The first-order chi connectivity index (χ1) is 8.65. The molecule has 0 saturated heterocycles. The second-order valence-corrected chi connectivity index (χ2v) is 5.05. The van der Waals surface area contributed by atoms with Crippen molar-refractivity contribution in [3.8, 4) is 11.1 Å². The largest absolute Gasteiger partial charge is 0.313 e. The van der Waals surface area contributed by atoms with Crippen LogP contribution < -0.4 is 5.32 Å². The normalized spacial score (nSPS) is 12.4. The lowest BCUT2D eigenvalue weighted by Crippen LogP contribution is -2.13. The summed E-state index contributed by atoms with van der Waals surface area (Å²) in [6.07, 6.45) is 0. The second-order valence-electron chi connectivity index (χ2n) is 4.20. The molecule has 0 aliphatic carbocycles. The lowest BCUT2D eigenvalue weighted by Gasteiger charge is -2.16. The van der Waals surface area contributed by atoms with Gasteiger partial charge in [-0.15, -0.1) is 0 Å². The topological polar surface area (TPSA) is 12.0 Å². The van der Waals surface area contributed by atoms with E-state index in [2.05, 4.69) is 28.2 Å². The SMILES string of the molecule is CNC(C)c1ccccc1-c1cccc(Br)c1F. The third kappa shape index (κ3) is 2.47. The highest BCUT2D eigenvalue weighted by Gasteiger charge is 2.14. The van der Waals surface area contributed by atoms with Crippen LogP contribution in [0.15, 0.2) is 46.9 Å². The molecule has 0 saturated carbocycles. The Morgan fingerprint density at radius 3 is 2.44 bits per heavy atom. The van der Waals surface area contributed by atoms with Crippen LogP contribution in [0.2, 0.25) is 0 Å². The molecule has 0 fully saturated rings. The van der Waals surface area contributed by atoms with Gasteiger partial charge in [-0.25, -0.2) is 4.39 Å². The van der Waals surface area contributed by atoms with Crippen LogP contribution in [0.1, 0.15) is 18.5 Å². The first kappa shape index (κ1) is 13.2. The van der Waals surface area contributed by atoms with E-state index >= 15 is 0 Å². The van der Waals surface area contributed by atoms with Crippen LogP contribution in [0.3, 0.4) is 0 Å². The molecule has 3 heteroatoms. The summed E-state index contributed by atoms with van der Waals surface area (Å²) in [4.78, 5) is 0. The molecule has 94 valence electrons. The summed E-state index contributed by atoms with van der Waals surface area (Å²) < 4.78 is 14.7. The summed E-state index contributed by atoms with van der Waals surface area (Å²) in [5.74, 6) is -0.215. The van der Waals surface area contributed by atoms with Crippen LogP contribution in [-0.2, 0) is 0 Å². The van der Waals surface area contributed by atoms with Crippen molar-refractivity contribution in [2.75, 3.05) is 7.05 Å². The van der Waals surface area contributed by atoms with Crippen molar-refractivity contribution in [2.24, 2.45) is 0 Å². The van der Waals surface area contributed by atoms with Gasteiger partial charge in [0, 0.05) is 11.6 Å². The van der Waals surface area contributed by atoms with Crippen molar-refractivity contribution < 1.29 is 4.39 Å². The molecule has 2 aromatic rings. The maximum atomic E-state index is 14.2.